The van der Waals surface area contributed by atoms with Gasteiger partial charge in [-0.25, -0.2) is 0 Å². The molecule has 0 radical (unpaired) electrons. The first-order valence-corrected chi connectivity index (χ1v) is 11.0. The van der Waals surface area contributed by atoms with E-state index < -0.39 is 5.54 Å². The van der Waals surface area contributed by atoms with Crippen LogP contribution in [0, 0.1) is 0 Å². The molecule has 0 unspecified atom stereocenters. The lowest BCUT2D eigenvalue weighted by atomic mass is 10.0. The summed E-state index contributed by atoms with van der Waals surface area (Å²) in [6.45, 7) is 7.56. The quantitative estimate of drug-likeness (QED) is 0.823. The van der Waals surface area contributed by atoms with Crippen molar-refractivity contribution in [3.63, 3.8) is 0 Å². The number of fused-ring (bicyclic) bond motifs is 1. The SMILES string of the molecule is COc1ccc(NC(C)(C)C(=O)N2CCCN(C3Cc4ccccc4C3)CC2)cc1. The van der Waals surface area contributed by atoms with Crippen molar-refractivity contribution in [3.05, 3.63) is 59.7 Å². The molecular weight excluding hydrogens is 374 g/mol. The van der Waals surface area contributed by atoms with Crippen LogP contribution in [0.2, 0.25) is 0 Å². The van der Waals surface area contributed by atoms with Crippen LogP contribution in [-0.2, 0) is 17.6 Å². The van der Waals surface area contributed by atoms with Crippen molar-refractivity contribution in [3.8, 4) is 5.75 Å². The summed E-state index contributed by atoms with van der Waals surface area (Å²) in [5, 5.41) is 3.40. The Labute approximate surface area is 180 Å². The summed E-state index contributed by atoms with van der Waals surface area (Å²) in [5.74, 6) is 0.973. The second-order valence-corrected chi connectivity index (χ2v) is 8.99. The van der Waals surface area contributed by atoms with Gasteiger partial charge in [0.15, 0.2) is 0 Å². The molecule has 5 nitrogen and oxygen atoms in total. The van der Waals surface area contributed by atoms with Gasteiger partial charge in [-0.15, -0.1) is 0 Å². The van der Waals surface area contributed by atoms with Crippen LogP contribution in [0.3, 0.4) is 0 Å². The van der Waals surface area contributed by atoms with E-state index in [-0.39, 0.29) is 5.91 Å². The smallest absolute Gasteiger partial charge is 0.247 e. The van der Waals surface area contributed by atoms with E-state index in [9.17, 15) is 4.79 Å². The van der Waals surface area contributed by atoms with Crippen LogP contribution in [0.4, 0.5) is 5.69 Å². The van der Waals surface area contributed by atoms with Crippen LogP contribution in [0.25, 0.3) is 0 Å². The standard InChI is InChI=1S/C25H33N3O2/c1-25(2,26-21-9-11-23(30-3)12-10-21)24(29)28-14-6-13-27(15-16-28)22-17-19-7-4-5-8-20(19)18-22/h4-5,7-12,22,26H,6,13-18H2,1-3H3. The largest absolute Gasteiger partial charge is 0.497 e. The highest BCUT2D eigenvalue weighted by molar-refractivity contribution is 5.88. The number of methoxy groups -OCH3 is 1. The number of rotatable bonds is 5. The summed E-state index contributed by atoms with van der Waals surface area (Å²) in [7, 11) is 1.66. The molecular formula is C25H33N3O2. The molecule has 2 aromatic rings. The van der Waals surface area contributed by atoms with E-state index in [0.29, 0.717) is 6.04 Å². The van der Waals surface area contributed by atoms with E-state index in [1.54, 1.807) is 7.11 Å². The van der Waals surface area contributed by atoms with Gasteiger partial charge in [0.1, 0.15) is 11.3 Å². The van der Waals surface area contributed by atoms with Gasteiger partial charge >= 0.3 is 0 Å². The van der Waals surface area contributed by atoms with Crippen molar-refractivity contribution in [1.82, 2.24) is 9.80 Å². The van der Waals surface area contributed by atoms with Gasteiger partial charge in [0.25, 0.3) is 0 Å². The van der Waals surface area contributed by atoms with Gasteiger partial charge < -0.3 is 15.0 Å². The second-order valence-electron chi connectivity index (χ2n) is 8.99. The van der Waals surface area contributed by atoms with Gasteiger partial charge in [0.05, 0.1) is 7.11 Å². The summed E-state index contributed by atoms with van der Waals surface area (Å²) in [5.41, 5.74) is 3.25. The molecule has 2 aliphatic rings. The van der Waals surface area contributed by atoms with Crippen LogP contribution in [0.5, 0.6) is 5.75 Å². The molecule has 1 aliphatic carbocycles. The normalized spacial score (nSPS) is 18.0. The van der Waals surface area contributed by atoms with Gasteiger partial charge in [0, 0.05) is 37.9 Å². The molecule has 0 atom stereocenters. The van der Waals surface area contributed by atoms with Crippen LogP contribution < -0.4 is 10.1 Å². The molecule has 30 heavy (non-hydrogen) atoms. The molecule has 5 heteroatoms. The van der Waals surface area contributed by atoms with Crippen molar-refractivity contribution in [2.45, 2.75) is 44.7 Å². The maximum atomic E-state index is 13.3. The summed E-state index contributed by atoms with van der Waals surface area (Å²) in [6.07, 6.45) is 3.29. The minimum Gasteiger partial charge on any atom is -0.497 e. The minimum atomic E-state index is -0.659. The average Bonchev–Trinajstić information content (AvgIpc) is 3.03. The van der Waals surface area contributed by atoms with Crippen LogP contribution in [-0.4, -0.2) is 60.6 Å². The molecule has 1 aliphatic heterocycles. The lowest BCUT2D eigenvalue weighted by Gasteiger charge is -2.33. The number of carbonyl (C=O) groups excluding carboxylic acids is 1. The molecule has 160 valence electrons. The summed E-state index contributed by atoms with van der Waals surface area (Å²) in [6, 6.07) is 17.1. The summed E-state index contributed by atoms with van der Waals surface area (Å²) in [4.78, 5) is 18.0. The highest BCUT2D eigenvalue weighted by Crippen LogP contribution is 2.27. The molecule has 2 aromatic carbocycles. The Hall–Kier alpha value is -2.53. The van der Waals surface area contributed by atoms with Gasteiger partial charge in [-0.05, 0) is 68.5 Å². The number of benzene rings is 2. The number of anilines is 1. The zero-order valence-corrected chi connectivity index (χ0v) is 18.4. The molecule has 1 heterocycles. The molecule has 1 fully saturated rings. The van der Waals surface area contributed by atoms with E-state index in [1.165, 1.54) is 11.1 Å². The fraction of sp³-hybridized carbons (Fsp3) is 0.480. The molecule has 0 spiro atoms. The molecule has 0 saturated carbocycles. The van der Waals surface area contributed by atoms with Crippen molar-refractivity contribution in [1.29, 1.82) is 0 Å². The molecule has 0 bridgehead atoms. The Bertz CT molecular complexity index is 853. The predicted octanol–water partition coefficient (Wildman–Crippen LogP) is 3.59. The van der Waals surface area contributed by atoms with Crippen LogP contribution in [0.1, 0.15) is 31.4 Å². The van der Waals surface area contributed by atoms with Crippen molar-refractivity contribution >= 4 is 11.6 Å². The van der Waals surface area contributed by atoms with Gasteiger partial charge in [0.2, 0.25) is 5.91 Å². The van der Waals surface area contributed by atoms with E-state index in [4.69, 9.17) is 4.74 Å². The maximum absolute atomic E-state index is 13.3. The number of amides is 1. The Morgan fingerprint density at radius 1 is 0.967 bits per heavy atom. The second kappa shape index (κ2) is 8.68. The molecule has 1 saturated heterocycles. The van der Waals surface area contributed by atoms with E-state index >= 15 is 0 Å². The first kappa shape index (κ1) is 20.7. The number of hydrogen-bond donors (Lipinski definition) is 1. The lowest BCUT2D eigenvalue weighted by Crippen LogP contribution is -2.51. The lowest BCUT2D eigenvalue weighted by molar-refractivity contribution is -0.134. The van der Waals surface area contributed by atoms with Gasteiger partial charge in [-0.1, -0.05) is 24.3 Å². The van der Waals surface area contributed by atoms with Crippen LogP contribution in [0.15, 0.2) is 48.5 Å². The number of nitrogens with zero attached hydrogens (tertiary/aromatic N) is 2. The Kier molecular flexibility index (Phi) is 6.00. The summed E-state index contributed by atoms with van der Waals surface area (Å²) < 4.78 is 5.22. The van der Waals surface area contributed by atoms with Crippen molar-refractivity contribution in [2.24, 2.45) is 0 Å². The minimum absolute atomic E-state index is 0.162. The Balaban J connectivity index is 1.35. The molecule has 1 amide bonds. The summed E-state index contributed by atoms with van der Waals surface area (Å²) >= 11 is 0. The Morgan fingerprint density at radius 2 is 1.63 bits per heavy atom. The van der Waals surface area contributed by atoms with E-state index in [2.05, 4.69) is 34.5 Å². The number of carbonyl (C=O) groups is 1. The zero-order valence-electron chi connectivity index (χ0n) is 18.4. The third kappa shape index (κ3) is 4.46. The fourth-order valence-electron chi connectivity index (χ4n) is 4.78. The first-order valence-electron chi connectivity index (χ1n) is 11.0. The number of nitrogens with one attached hydrogen (secondary N) is 1. The average molecular weight is 408 g/mol. The van der Waals surface area contributed by atoms with Gasteiger partial charge in [-0.3, -0.25) is 9.69 Å². The number of hydrogen-bond acceptors (Lipinski definition) is 4. The monoisotopic (exact) mass is 407 g/mol. The topological polar surface area (TPSA) is 44.8 Å². The van der Waals surface area contributed by atoms with Crippen molar-refractivity contribution in [2.75, 3.05) is 38.6 Å². The van der Waals surface area contributed by atoms with Gasteiger partial charge in [-0.2, -0.15) is 0 Å². The fourth-order valence-corrected chi connectivity index (χ4v) is 4.78. The zero-order chi connectivity index (χ0) is 21.1. The third-order valence-corrected chi connectivity index (χ3v) is 6.45. The van der Waals surface area contributed by atoms with Crippen LogP contribution >= 0.6 is 0 Å². The predicted molar refractivity (Wildman–Crippen MR) is 121 cm³/mol. The molecule has 1 N–H and O–H groups in total. The first-order chi connectivity index (χ1) is 14.5. The molecule has 0 aromatic heterocycles. The highest BCUT2D eigenvalue weighted by Gasteiger charge is 2.34. The van der Waals surface area contributed by atoms with E-state index in [0.717, 1.165) is 56.9 Å². The maximum Gasteiger partial charge on any atom is 0.247 e. The highest BCUT2D eigenvalue weighted by atomic mass is 16.5. The van der Waals surface area contributed by atoms with Crippen molar-refractivity contribution < 1.29 is 9.53 Å². The number of ether oxygens (including phenoxy) is 1. The molecule has 4 rings (SSSR count). The Morgan fingerprint density at radius 3 is 2.27 bits per heavy atom. The van der Waals surface area contributed by atoms with E-state index in [1.807, 2.05) is 43.0 Å². The third-order valence-electron chi connectivity index (χ3n) is 6.45.